The Labute approximate surface area is 178 Å². The second kappa shape index (κ2) is 7.12. The van der Waals surface area contributed by atoms with E-state index in [4.69, 9.17) is 0 Å². The van der Waals surface area contributed by atoms with Gasteiger partial charge in [0.1, 0.15) is 11.2 Å². The van der Waals surface area contributed by atoms with Gasteiger partial charge in [0.2, 0.25) is 5.82 Å². The van der Waals surface area contributed by atoms with Crippen molar-refractivity contribution in [1.29, 1.82) is 0 Å². The Balaban J connectivity index is 1.47. The van der Waals surface area contributed by atoms with Gasteiger partial charge in [-0.25, -0.2) is 14.5 Å². The third-order valence-corrected chi connectivity index (χ3v) is 7.13. The van der Waals surface area contributed by atoms with Gasteiger partial charge in [0.25, 0.3) is 5.91 Å². The van der Waals surface area contributed by atoms with Gasteiger partial charge in [-0.15, -0.1) is 16.4 Å². The summed E-state index contributed by atoms with van der Waals surface area (Å²) in [5.41, 5.74) is 3.14. The summed E-state index contributed by atoms with van der Waals surface area (Å²) >= 11 is 1.76. The summed E-state index contributed by atoms with van der Waals surface area (Å²) in [5.74, 6) is 0.512. The lowest BCUT2D eigenvalue weighted by Crippen LogP contribution is -2.26. The lowest BCUT2D eigenvalue weighted by Gasteiger charge is -2.33. The van der Waals surface area contributed by atoms with Gasteiger partial charge in [0.15, 0.2) is 5.65 Å². The number of thiophene rings is 1. The topological polar surface area (TPSA) is 85.1 Å². The van der Waals surface area contributed by atoms with Gasteiger partial charge in [-0.05, 0) is 48.3 Å². The molecule has 1 N–H and O–H groups in total. The van der Waals surface area contributed by atoms with E-state index in [1.807, 2.05) is 18.2 Å². The van der Waals surface area contributed by atoms with Crippen molar-refractivity contribution in [1.82, 2.24) is 29.9 Å². The number of carbonyl (C=O) groups is 1. The summed E-state index contributed by atoms with van der Waals surface area (Å²) in [5, 5.41) is 8.27. The Morgan fingerprint density at radius 3 is 2.93 bits per heavy atom. The molecule has 0 saturated carbocycles. The van der Waals surface area contributed by atoms with Crippen LogP contribution in [0.5, 0.6) is 0 Å². The lowest BCUT2D eigenvalue weighted by molar-refractivity contribution is 0.0940. The Bertz CT molecular complexity index is 1240. The van der Waals surface area contributed by atoms with Crippen LogP contribution >= 0.6 is 11.3 Å². The minimum absolute atomic E-state index is 0.156. The second-order valence-corrected chi connectivity index (χ2v) is 10.0. The summed E-state index contributed by atoms with van der Waals surface area (Å²) in [6.45, 7) is 7.30. The molecule has 1 atom stereocenters. The molecule has 4 aromatic heterocycles. The molecule has 0 aromatic carbocycles. The van der Waals surface area contributed by atoms with Crippen LogP contribution in [0.2, 0.25) is 0 Å². The van der Waals surface area contributed by atoms with Gasteiger partial charge < -0.3 is 5.32 Å². The SMILES string of the molecule is CC(C)(C)C1CCc2c(sc3ncn4nc(C(=O)NCc5ccccn5)nc4c23)C1. The van der Waals surface area contributed by atoms with Crippen LogP contribution in [-0.4, -0.2) is 30.5 Å². The minimum atomic E-state index is -0.311. The zero-order valence-corrected chi connectivity index (χ0v) is 18.2. The first kappa shape index (κ1) is 19.1. The average molecular weight is 421 g/mol. The Kier molecular flexibility index (Phi) is 4.54. The molecule has 0 saturated heterocycles. The fourth-order valence-electron chi connectivity index (χ4n) is 4.16. The standard InChI is InChI=1S/C22H24N6OS/c1-22(2,3)13-7-8-15-16(10-13)30-21-17(15)19-26-18(27-28(19)12-25-21)20(29)24-11-14-6-4-5-9-23-14/h4-6,9,12-13H,7-8,10-11H2,1-3H3,(H,24,29). The number of aryl methyl sites for hydroxylation is 1. The van der Waals surface area contributed by atoms with E-state index < -0.39 is 0 Å². The van der Waals surface area contributed by atoms with Gasteiger partial charge in [0.05, 0.1) is 17.6 Å². The van der Waals surface area contributed by atoms with E-state index in [-0.39, 0.29) is 11.7 Å². The van der Waals surface area contributed by atoms with Gasteiger partial charge in [-0.2, -0.15) is 0 Å². The quantitative estimate of drug-likeness (QED) is 0.545. The number of carbonyl (C=O) groups excluding carboxylic acids is 1. The third kappa shape index (κ3) is 3.35. The van der Waals surface area contributed by atoms with Crippen LogP contribution in [0.1, 0.15) is 53.9 Å². The number of fused-ring (bicyclic) bond motifs is 5. The predicted molar refractivity (Wildman–Crippen MR) is 117 cm³/mol. The Hall–Kier alpha value is -2.87. The molecule has 0 spiro atoms. The number of aromatic nitrogens is 5. The largest absolute Gasteiger partial charge is 0.344 e. The molecule has 1 aliphatic carbocycles. The Morgan fingerprint density at radius 2 is 2.17 bits per heavy atom. The van der Waals surface area contributed by atoms with Crippen molar-refractivity contribution in [3.8, 4) is 0 Å². The van der Waals surface area contributed by atoms with E-state index >= 15 is 0 Å². The molecule has 7 nitrogen and oxygen atoms in total. The first-order chi connectivity index (χ1) is 14.4. The minimum Gasteiger partial charge on any atom is -0.344 e. The molecule has 5 rings (SSSR count). The summed E-state index contributed by atoms with van der Waals surface area (Å²) in [6.07, 6.45) is 6.62. The molecule has 0 radical (unpaired) electrons. The highest BCUT2D eigenvalue weighted by Gasteiger charge is 2.32. The molecular formula is C22H24N6OS. The zero-order valence-electron chi connectivity index (χ0n) is 17.3. The summed E-state index contributed by atoms with van der Waals surface area (Å²) in [6, 6.07) is 5.61. The van der Waals surface area contributed by atoms with E-state index in [1.165, 1.54) is 10.4 Å². The normalized spacial score (nSPS) is 16.7. The molecule has 0 aliphatic heterocycles. The number of hydrogen-bond donors (Lipinski definition) is 1. The molecular weight excluding hydrogens is 396 g/mol. The maximum Gasteiger partial charge on any atom is 0.291 e. The fraction of sp³-hybridized carbons (Fsp3) is 0.409. The first-order valence-electron chi connectivity index (χ1n) is 10.2. The molecule has 8 heteroatoms. The fourth-order valence-corrected chi connectivity index (χ4v) is 5.42. The van der Waals surface area contributed by atoms with Crippen molar-refractivity contribution in [3.05, 3.63) is 52.7 Å². The van der Waals surface area contributed by atoms with Crippen LogP contribution in [-0.2, 0) is 19.4 Å². The van der Waals surface area contributed by atoms with Crippen LogP contribution < -0.4 is 5.32 Å². The van der Waals surface area contributed by atoms with Crippen molar-refractivity contribution >= 4 is 33.1 Å². The monoisotopic (exact) mass is 420 g/mol. The van der Waals surface area contributed by atoms with E-state index in [0.717, 1.165) is 40.8 Å². The number of hydrogen-bond acceptors (Lipinski definition) is 6. The van der Waals surface area contributed by atoms with E-state index in [0.29, 0.717) is 17.9 Å². The molecule has 0 fully saturated rings. The molecule has 4 heterocycles. The van der Waals surface area contributed by atoms with Gasteiger partial charge in [-0.3, -0.25) is 9.78 Å². The van der Waals surface area contributed by atoms with Crippen molar-refractivity contribution in [2.24, 2.45) is 11.3 Å². The van der Waals surface area contributed by atoms with Crippen LogP contribution in [0.3, 0.4) is 0 Å². The number of rotatable bonds is 3. The van der Waals surface area contributed by atoms with Gasteiger partial charge >= 0.3 is 0 Å². The summed E-state index contributed by atoms with van der Waals surface area (Å²) < 4.78 is 1.63. The number of nitrogens with zero attached hydrogens (tertiary/aromatic N) is 5. The van der Waals surface area contributed by atoms with Crippen LogP contribution in [0.15, 0.2) is 30.7 Å². The predicted octanol–water partition coefficient (Wildman–Crippen LogP) is 3.82. The van der Waals surface area contributed by atoms with Crippen molar-refractivity contribution < 1.29 is 4.79 Å². The van der Waals surface area contributed by atoms with E-state index in [9.17, 15) is 4.79 Å². The molecule has 1 unspecified atom stereocenters. The molecule has 0 bridgehead atoms. The van der Waals surface area contributed by atoms with Crippen molar-refractivity contribution in [2.45, 2.75) is 46.6 Å². The number of nitrogens with one attached hydrogen (secondary N) is 1. The maximum absolute atomic E-state index is 12.6. The van der Waals surface area contributed by atoms with Crippen LogP contribution in [0.4, 0.5) is 0 Å². The Morgan fingerprint density at radius 1 is 1.30 bits per heavy atom. The van der Waals surface area contributed by atoms with E-state index in [2.05, 4.69) is 46.1 Å². The van der Waals surface area contributed by atoms with Gasteiger partial charge in [0, 0.05) is 11.1 Å². The summed E-state index contributed by atoms with van der Waals surface area (Å²) in [7, 11) is 0. The van der Waals surface area contributed by atoms with Gasteiger partial charge in [-0.1, -0.05) is 26.8 Å². The first-order valence-corrected chi connectivity index (χ1v) is 11.1. The highest BCUT2D eigenvalue weighted by molar-refractivity contribution is 7.19. The zero-order chi connectivity index (χ0) is 20.9. The molecule has 1 amide bonds. The van der Waals surface area contributed by atoms with Crippen molar-refractivity contribution in [3.63, 3.8) is 0 Å². The molecule has 1 aliphatic rings. The maximum atomic E-state index is 12.6. The van der Waals surface area contributed by atoms with Crippen LogP contribution in [0.25, 0.3) is 15.9 Å². The molecule has 154 valence electrons. The van der Waals surface area contributed by atoms with Crippen LogP contribution in [0, 0.1) is 11.3 Å². The third-order valence-electron chi connectivity index (χ3n) is 5.97. The second-order valence-electron chi connectivity index (χ2n) is 8.94. The smallest absolute Gasteiger partial charge is 0.291 e. The highest BCUT2D eigenvalue weighted by atomic mass is 32.1. The van der Waals surface area contributed by atoms with Crippen molar-refractivity contribution in [2.75, 3.05) is 0 Å². The highest BCUT2D eigenvalue weighted by Crippen LogP contribution is 2.43. The summed E-state index contributed by atoms with van der Waals surface area (Å²) in [4.78, 5) is 28.4. The molecule has 4 aromatic rings. The van der Waals surface area contributed by atoms with E-state index in [1.54, 1.807) is 28.4 Å². The lowest BCUT2D eigenvalue weighted by atomic mass is 9.72. The average Bonchev–Trinajstić information content (AvgIpc) is 3.32. The number of amides is 1. The molecule has 30 heavy (non-hydrogen) atoms. The number of pyridine rings is 1.